The molecule has 1 N–H and O–H groups in total. The van der Waals surface area contributed by atoms with E-state index in [-0.39, 0.29) is 11.7 Å². The molecule has 0 spiro atoms. The fourth-order valence-corrected chi connectivity index (χ4v) is 5.27. The van der Waals surface area contributed by atoms with Gasteiger partial charge >= 0.3 is 0 Å². The summed E-state index contributed by atoms with van der Waals surface area (Å²) in [7, 11) is 0. The Hall–Kier alpha value is -1.38. The highest BCUT2D eigenvalue weighted by molar-refractivity contribution is 7.99. The lowest BCUT2D eigenvalue weighted by molar-refractivity contribution is -0.113. The molecule has 0 aliphatic heterocycles. The van der Waals surface area contributed by atoms with Crippen molar-refractivity contribution >= 4 is 69.9 Å². The zero-order chi connectivity index (χ0) is 22.4. The van der Waals surface area contributed by atoms with Crippen molar-refractivity contribution in [2.45, 2.75) is 37.1 Å². The van der Waals surface area contributed by atoms with Crippen LogP contribution in [0.5, 0.6) is 0 Å². The van der Waals surface area contributed by atoms with E-state index in [0.29, 0.717) is 26.5 Å². The number of carbonyl (C=O) groups is 1. The highest BCUT2D eigenvalue weighted by Gasteiger charge is 2.14. The molecule has 2 aromatic carbocycles. The highest BCUT2D eigenvalue weighted by Crippen LogP contribution is 2.27. The van der Waals surface area contributed by atoms with Crippen LogP contribution in [-0.4, -0.2) is 26.4 Å². The lowest BCUT2D eigenvalue weighted by atomic mass is 10.2. The van der Waals surface area contributed by atoms with Gasteiger partial charge in [-0.2, -0.15) is 0 Å². The molecule has 0 aliphatic rings. The summed E-state index contributed by atoms with van der Waals surface area (Å²) in [5, 5.41) is 14.1. The zero-order valence-corrected chi connectivity index (χ0v) is 20.9. The number of rotatable bonds is 9. The van der Waals surface area contributed by atoms with Gasteiger partial charge in [-0.15, -0.1) is 22.0 Å². The maximum Gasteiger partial charge on any atom is 0.234 e. The van der Waals surface area contributed by atoms with Gasteiger partial charge in [0, 0.05) is 33.1 Å². The van der Waals surface area contributed by atoms with Gasteiger partial charge < -0.3 is 9.88 Å². The average Bonchev–Trinajstić information content (AvgIpc) is 3.12. The maximum absolute atomic E-state index is 12.3. The quantitative estimate of drug-likeness (QED) is 0.320. The molecule has 0 radical (unpaired) electrons. The van der Waals surface area contributed by atoms with Gasteiger partial charge in [-0.25, -0.2) is 0 Å². The first-order valence-corrected chi connectivity index (χ1v) is 12.8. The average molecular weight is 516 g/mol. The minimum Gasteiger partial charge on any atom is -0.325 e. The molecule has 0 unspecified atom stereocenters. The van der Waals surface area contributed by atoms with Gasteiger partial charge in [0.05, 0.1) is 11.5 Å². The largest absolute Gasteiger partial charge is 0.325 e. The Morgan fingerprint density at radius 3 is 2.58 bits per heavy atom. The predicted molar refractivity (Wildman–Crippen MR) is 133 cm³/mol. The van der Waals surface area contributed by atoms with Crippen LogP contribution in [0.1, 0.15) is 23.9 Å². The first-order valence-electron chi connectivity index (χ1n) is 9.50. The molecule has 0 atom stereocenters. The molecule has 10 heteroatoms. The van der Waals surface area contributed by atoms with Crippen molar-refractivity contribution in [3.63, 3.8) is 0 Å². The van der Waals surface area contributed by atoms with E-state index in [9.17, 15) is 4.79 Å². The van der Waals surface area contributed by atoms with Gasteiger partial charge in [-0.05, 0) is 49.2 Å². The fraction of sp³-hybridized carbons (Fsp3) is 0.286. The molecule has 1 aromatic heterocycles. The number of aromatic nitrogens is 3. The summed E-state index contributed by atoms with van der Waals surface area (Å²) >= 11 is 21.4. The third-order valence-corrected chi connectivity index (χ3v) is 7.34. The second-order valence-corrected chi connectivity index (χ2v) is 9.85. The van der Waals surface area contributed by atoms with E-state index >= 15 is 0 Å². The molecule has 1 amide bonds. The Labute approximate surface area is 205 Å². The molecule has 0 fully saturated rings. The predicted octanol–water partition coefficient (Wildman–Crippen LogP) is 6.73. The first kappa shape index (κ1) is 24.3. The van der Waals surface area contributed by atoms with Crippen molar-refractivity contribution < 1.29 is 4.79 Å². The number of carbonyl (C=O) groups excluding carboxylic acids is 1. The topological polar surface area (TPSA) is 59.8 Å². The molecule has 0 saturated carbocycles. The van der Waals surface area contributed by atoms with E-state index in [1.54, 1.807) is 23.9 Å². The van der Waals surface area contributed by atoms with Crippen LogP contribution in [0.15, 0.2) is 41.6 Å². The van der Waals surface area contributed by atoms with E-state index in [4.69, 9.17) is 34.8 Å². The van der Waals surface area contributed by atoms with E-state index in [2.05, 4.69) is 15.5 Å². The third-order valence-electron chi connectivity index (χ3n) is 4.40. The third kappa shape index (κ3) is 6.80. The standard InChI is InChI=1S/C21H21Cl3N4OS2/c1-3-28-19(11-30-10-14-5-6-15(22)8-18(14)24)26-27-21(28)31-12-20(29)25-16-7-4-13(2)17(23)9-16/h4-9H,3,10-12H2,1-2H3,(H,25,29). The Morgan fingerprint density at radius 2 is 1.87 bits per heavy atom. The van der Waals surface area contributed by atoms with Crippen LogP contribution in [0.2, 0.25) is 15.1 Å². The fourth-order valence-electron chi connectivity index (χ4n) is 2.74. The number of nitrogens with one attached hydrogen (secondary N) is 1. The number of anilines is 1. The SMILES string of the molecule is CCn1c(CSCc2ccc(Cl)cc2Cl)nnc1SCC(=O)Nc1ccc(C)c(Cl)c1. The number of aryl methyl sites for hydroxylation is 1. The Morgan fingerprint density at radius 1 is 1.06 bits per heavy atom. The number of hydrogen-bond donors (Lipinski definition) is 1. The van der Waals surface area contributed by atoms with Gasteiger partial charge in [0.25, 0.3) is 0 Å². The molecule has 1 heterocycles. The van der Waals surface area contributed by atoms with Crippen LogP contribution in [0.3, 0.4) is 0 Å². The number of thioether (sulfide) groups is 2. The number of nitrogens with zero attached hydrogens (tertiary/aromatic N) is 3. The van der Waals surface area contributed by atoms with Crippen LogP contribution < -0.4 is 5.32 Å². The summed E-state index contributed by atoms with van der Waals surface area (Å²) in [4.78, 5) is 12.3. The second-order valence-electron chi connectivity index (χ2n) is 6.67. The first-order chi connectivity index (χ1) is 14.9. The van der Waals surface area contributed by atoms with E-state index in [0.717, 1.165) is 34.4 Å². The Balaban J connectivity index is 1.54. The van der Waals surface area contributed by atoms with Crippen LogP contribution in [0.25, 0.3) is 0 Å². The Kier molecular flexibility index (Phi) is 8.98. The molecule has 5 nitrogen and oxygen atoms in total. The smallest absolute Gasteiger partial charge is 0.234 e. The number of amides is 1. The van der Waals surface area contributed by atoms with Crippen LogP contribution in [0, 0.1) is 6.92 Å². The highest BCUT2D eigenvalue weighted by atomic mass is 35.5. The summed E-state index contributed by atoms with van der Waals surface area (Å²) in [6, 6.07) is 11.0. The number of benzene rings is 2. The van der Waals surface area contributed by atoms with Crippen molar-refractivity contribution in [2.75, 3.05) is 11.1 Å². The van der Waals surface area contributed by atoms with E-state index in [1.165, 1.54) is 11.8 Å². The summed E-state index contributed by atoms with van der Waals surface area (Å²) < 4.78 is 2.02. The summed E-state index contributed by atoms with van der Waals surface area (Å²) in [6.07, 6.45) is 0. The van der Waals surface area contributed by atoms with Gasteiger partial charge in [0.1, 0.15) is 5.82 Å². The number of hydrogen-bond acceptors (Lipinski definition) is 5. The van der Waals surface area contributed by atoms with Crippen molar-refractivity contribution in [1.82, 2.24) is 14.8 Å². The number of halogens is 3. The molecular formula is C21H21Cl3N4OS2. The van der Waals surface area contributed by atoms with Crippen LogP contribution >= 0.6 is 58.3 Å². The van der Waals surface area contributed by atoms with Crippen molar-refractivity contribution in [2.24, 2.45) is 0 Å². The van der Waals surface area contributed by atoms with E-state index < -0.39 is 0 Å². The molecule has 0 aliphatic carbocycles. The monoisotopic (exact) mass is 514 g/mol. The van der Waals surface area contributed by atoms with Crippen LogP contribution in [0.4, 0.5) is 5.69 Å². The zero-order valence-electron chi connectivity index (χ0n) is 17.0. The minimum absolute atomic E-state index is 0.121. The summed E-state index contributed by atoms with van der Waals surface area (Å²) in [5.74, 6) is 2.41. The molecule has 3 rings (SSSR count). The van der Waals surface area contributed by atoms with Crippen molar-refractivity contribution in [3.05, 3.63) is 68.4 Å². The molecule has 0 bridgehead atoms. The summed E-state index contributed by atoms with van der Waals surface area (Å²) in [5.41, 5.74) is 2.67. The molecule has 31 heavy (non-hydrogen) atoms. The lowest BCUT2D eigenvalue weighted by Gasteiger charge is -2.09. The molecular weight excluding hydrogens is 495 g/mol. The Bertz CT molecular complexity index is 1070. The van der Waals surface area contributed by atoms with Crippen molar-refractivity contribution in [3.8, 4) is 0 Å². The van der Waals surface area contributed by atoms with Gasteiger partial charge in [-0.1, -0.05) is 58.7 Å². The van der Waals surface area contributed by atoms with Gasteiger partial charge in [0.15, 0.2) is 5.16 Å². The normalized spacial score (nSPS) is 11.0. The molecule has 3 aromatic rings. The minimum atomic E-state index is -0.121. The van der Waals surface area contributed by atoms with Crippen molar-refractivity contribution in [1.29, 1.82) is 0 Å². The maximum atomic E-state index is 12.3. The molecule has 0 saturated heterocycles. The van der Waals surface area contributed by atoms with Gasteiger partial charge in [0.2, 0.25) is 5.91 Å². The molecule has 164 valence electrons. The van der Waals surface area contributed by atoms with E-state index in [1.807, 2.05) is 42.7 Å². The lowest BCUT2D eigenvalue weighted by Crippen LogP contribution is -2.14. The second kappa shape index (κ2) is 11.5. The van der Waals surface area contributed by atoms with Crippen LogP contribution in [-0.2, 0) is 22.8 Å². The summed E-state index contributed by atoms with van der Waals surface area (Å²) in [6.45, 7) is 4.68. The van der Waals surface area contributed by atoms with Gasteiger partial charge in [-0.3, -0.25) is 4.79 Å².